The number of likely N-dealkylation sites (tertiary alicyclic amines) is 1. The maximum atomic E-state index is 6.10. The Bertz CT molecular complexity index is 883. The van der Waals surface area contributed by atoms with Crippen molar-refractivity contribution < 1.29 is 4.74 Å². The molecule has 0 saturated carbocycles. The summed E-state index contributed by atoms with van der Waals surface area (Å²) in [6, 6.07) is 20.8. The van der Waals surface area contributed by atoms with Crippen LogP contribution in [-0.2, 0) is 6.54 Å². The molecule has 1 fully saturated rings. The molecule has 0 spiro atoms. The van der Waals surface area contributed by atoms with Crippen LogP contribution < -0.4 is 10.5 Å². The topological polar surface area (TPSA) is 56.3 Å². The van der Waals surface area contributed by atoms with Gasteiger partial charge in [0.2, 0.25) is 0 Å². The number of hydrogen-bond acceptors (Lipinski definition) is 4. The van der Waals surface area contributed by atoms with Gasteiger partial charge >= 0.3 is 0 Å². The molecule has 0 aliphatic carbocycles. The second-order valence-electron chi connectivity index (χ2n) is 7.11. The molecule has 3 aromatic rings. The van der Waals surface area contributed by atoms with E-state index in [0.717, 1.165) is 36.8 Å². The zero-order valence-electron chi connectivity index (χ0n) is 16.1. The molecule has 28 heavy (non-hydrogen) atoms. The van der Waals surface area contributed by atoms with E-state index in [-0.39, 0.29) is 12.4 Å². The minimum atomic E-state index is 0. The van der Waals surface area contributed by atoms with E-state index in [1.165, 1.54) is 5.56 Å². The molecule has 0 amide bonds. The van der Waals surface area contributed by atoms with Gasteiger partial charge in [0, 0.05) is 31.7 Å². The Hall–Kier alpha value is -2.34. The van der Waals surface area contributed by atoms with E-state index in [1.807, 2.05) is 35.1 Å². The summed E-state index contributed by atoms with van der Waals surface area (Å²) in [6.45, 7) is 3.58. The van der Waals surface area contributed by atoms with E-state index in [9.17, 15) is 0 Å². The van der Waals surface area contributed by atoms with E-state index in [4.69, 9.17) is 10.5 Å². The van der Waals surface area contributed by atoms with Crippen LogP contribution >= 0.6 is 12.4 Å². The number of nitrogens with two attached hydrogens (primary N) is 1. The van der Waals surface area contributed by atoms with Crippen LogP contribution in [0.25, 0.3) is 5.69 Å². The van der Waals surface area contributed by atoms with Gasteiger partial charge in [-0.05, 0) is 36.2 Å². The number of rotatable bonds is 6. The fraction of sp³-hybridized carbons (Fsp3) is 0.318. The van der Waals surface area contributed by atoms with Gasteiger partial charge in [0.1, 0.15) is 11.4 Å². The summed E-state index contributed by atoms with van der Waals surface area (Å²) in [4.78, 5) is 2.48. The molecule has 1 aliphatic heterocycles. The van der Waals surface area contributed by atoms with Gasteiger partial charge in [-0.15, -0.1) is 12.4 Å². The zero-order chi connectivity index (χ0) is 18.6. The highest BCUT2D eigenvalue weighted by molar-refractivity contribution is 5.85. The Kier molecular flexibility index (Phi) is 6.73. The Morgan fingerprint density at radius 2 is 1.79 bits per heavy atom. The summed E-state index contributed by atoms with van der Waals surface area (Å²) in [6.07, 6.45) is 1.85. The van der Waals surface area contributed by atoms with Crippen LogP contribution in [0.4, 0.5) is 0 Å². The monoisotopic (exact) mass is 398 g/mol. The van der Waals surface area contributed by atoms with Crippen molar-refractivity contribution in [3.63, 3.8) is 0 Å². The van der Waals surface area contributed by atoms with Gasteiger partial charge in [-0.2, -0.15) is 5.10 Å². The van der Waals surface area contributed by atoms with Crippen LogP contribution in [0.3, 0.4) is 0 Å². The van der Waals surface area contributed by atoms with Crippen LogP contribution in [0.2, 0.25) is 0 Å². The van der Waals surface area contributed by atoms with Gasteiger partial charge in [0.15, 0.2) is 0 Å². The lowest BCUT2D eigenvalue weighted by molar-refractivity contribution is 0.309. The van der Waals surface area contributed by atoms with Crippen molar-refractivity contribution in [3.05, 3.63) is 78.1 Å². The van der Waals surface area contributed by atoms with Gasteiger partial charge in [-0.1, -0.05) is 42.5 Å². The number of aromatic nitrogens is 2. The van der Waals surface area contributed by atoms with Gasteiger partial charge in [-0.3, -0.25) is 4.90 Å². The van der Waals surface area contributed by atoms with Gasteiger partial charge in [0.05, 0.1) is 12.8 Å². The Morgan fingerprint density at radius 3 is 2.54 bits per heavy atom. The lowest BCUT2D eigenvalue weighted by Gasteiger charge is -2.18. The standard InChI is InChI=1S/C22H26N4O.ClH/c1-27-22-10-6-5-9-21(22)26-19(11-12-24-26)15-25-14-18(13-23)20(16-25)17-7-3-2-4-8-17;/h2-12,18,20H,13-16,23H2,1H3;1H/t18-,20+;/m1./s1. The van der Waals surface area contributed by atoms with E-state index in [1.54, 1.807) is 7.11 Å². The minimum Gasteiger partial charge on any atom is -0.494 e. The van der Waals surface area contributed by atoms with Crippen molar-refractivity contribution in [2.75, 3.05) is 26.7 Å². The second-order valence-corrected chi connectivity index (χ2v) is 7.11. The first-order valence-corrected chi connectivity index (χ1v) is 9.44. The summed E-state index contributed by atoms with van der Waals surface area (Å²) in [5.41, 5.74) is 9.60. The molecule has 0 unspecified atom stereocenters. The number of para-hydroxylation sites is 2. The molecule has 0 radical (unpaired) electrons. The number of halogens is 1. The molecule has 6 heteroatoms. The summed E-state index contributed by atoms with van der Waals surface area (Å²) >= 11 is 0. The highest BCUT2D eigenvalue weighted by Gasteiger charge is 2.33. The van der Waals surface area contributed by atoms with Crippen molar-refractivity contribution in [2.45, 2.75) is 12.5 Å². The van der Waals surface area contributed by atoms with Crippen LogP contribution in [0, 0.1) is 5.92 Å². The maximum Gasteiger partial charge on any atom is 0.144 e. The number of ether oxygens (including phenoxy) is 1. The highest BCUT2D eigenvalue weighted by atomic mass is 35.5. The predicted octanol–water partition coefficient (Wildman–Crippen LogP) is 3.48. The van der Waals surface area contributed by atoms with Crippen molar-refractivity contribution in [3.8, 4) is 11.4 Å². The summed E-state index contributed by atoms with van der Waals surface area (Å²) in [5, 5.41) is 4.54. The largest absolute Gasteiger partial charge is 0.494 e. The smallest absolute Gasteiger partial charge is 0.144 e. The van der Waals surface area contributed by atoms with Gasteiger partial charge < -0.3 is 10.5 Å². The zero-order valence-corrected chi connectivity index (χ0v) is 16.9. The molecule has 5 nitrogen and oxygen atoms in total. The molecular formula is C22H27ClN4O. The Morgan fingerprint density at radius 1 is 1.04 bits per heavy atom. The lowest BCUT2D eigenvalue weighted by atomic mass is 9.89. The quantitative estimate of drug-likeness (QED) is 0.690. The highest BCUT2D eigenvalue weighted by Crippen LogP contribution is 2.33. The normalized spacial score (nSPS) is 19.4. The van der Waals surface area contributed by atoms with E-state index in [2.05, 4.69) is 46.4 Å². The van der Waals surface area contributed by atoms with E-state index < -0.39 is 0 Å². The Balaban J connectivity index is 0.00000225. The molecule has 148 valence electrons. The summed E-state index contributed by atoms with van der Waals surface area (Å²) < 4.78 is 7.49. The lowest BCUT2D eigenvalue weighted by Crippen LogP contribution is -2.24. The van der Waals surface area contributed by atoms with Crippen LogP contribution in [0.5, 0.6) is 5.75 Å². The molecular weight excluding hydrogens is 372 g/mol. The van der Waals surface area contributed by atoms with Crippen molar-refractivity contribution in [1.29, 1.82) is 0 Å². The first-order chi connectivity index (χ1) is 13.3. The fourth-order valence-corrected chi connectivity index (χ4v) is 4.11. The second kappa shape index (κ2) is 9.24. The number of nitrogens with zero attached hydrogens (tertiary/aromatic N) is 3. The van der Waals surface area contributed by atoms with Gasteiger partial charge in [0.25, 0.3) is 0 Å². The third-order valence-electron chi connectivity index (χ3n) is 5.47. The molecule has 2 N–H and O–H groups in total. The predicted molar refractivity (Wildman–Crippen MR) is 114 cm³/mol. The Labute approximate surface area is 172 Å². The molecule has 2 heterocycles. The fourth-order valence-electron chi connectivity index (χ4n) is 4.11. The molecule has 4 rings (SSSR count). The molecule has 2 aromatic carbocycles. The average Bonchev–Trinajstić information content (AvgIpc) is 3.35. The third-order valence-corrected chi connectivity index (χ3v) is 5.47. The number of hydrogen-bond donors (Lipinski definition) is 1. The van der Waals surface area contributed by atoms with Gasteiger partial charge in [-0.25, -0.2) is 4.68 Å². The summed E-state index contributed by atoms with van der Waals surface area (Å²) in [5.74, 6) is 1.79. The third kappa shape index (κ3) is 4.07. The molecule has 2 atom stereocenters. The average molecular weight is 399 g/mol. The van der Waals surface area contributed by atoms with E-state index in [0.29, 0.717) is 18.4 Å². The van der Waals surface area contributed by atoms with E-state index >= 15 is 0 Å². The number of methoxy groups -OCH3 is 1. The van der Waals surface area contributed by atoms with Crippen molar-refractivity contribution >= 4 is 12.4 Å². The molecule has 1 aromatic heterocycles. The first-order valence-electron chi connectivity index (χ1n) is 9.44. The molecule has 0 bridgehead atoms. The first kappa shape index (κ1) is 20.4. The molecule has 1 aliphatic rings. The van der Waals surface area contributed by atoms with Crippen LogP contribution in [0.15, 0.2) is 66.9 Å². The maximum absolute atomic E-state index is 6.10. The summed E-state index contributed by atoms with van der Waals surface area (Å²) in [7, 11) is 1.69. The van der Waals surface area contributed by atoms with Crippen molar-refractivity contribution in [2.24, 2.45) is 11.7 Å². The van der Waals surface area contributed by atoms with Crippen LogP contribution in [-0.4, -0.2) is 41.4 Å². The molecule has 1 saturated heterocycles. The SMILES string of the molecule is COc1ccccc1-n1nccc1CN1C[C@@H](CN)[C@H](c2ccccc2)C1.Cl. The number of benzene rings is 2. The minimum absolute atomic E-state index is 0. The van der Waals surface area contributed by atoms with Crippen molar-refractivity contribution in [1.82, 2.24) is 14.7 Å². The van der Waals surface area contributed by atoms with Crippen LogP contribution in [0.1, 0.15) is 17.2 Å².